The zero-order valence-electron chi connectivity index (χ0n) is 27.9. The van der Waals surface area contributed by atoms with E-state index in [1.54, 1.807) is 19.9 Å². The molecule has 4 atom stereocenters. The summed E-state index contributed by atoms with van der Waals surface area (Å²) in [6.07, 6.45) is 5.35. The van der Waals surface area contributed by atoms with Crippen LogP contribution in [0.1, 0.15) is 58.9 Å². The van der Waals surface area contributed by atoms with Crippen molar-refractivity contribution >= 4 is 34.1 Å². The molecule has 2 heterocycles. The lowest BCUT2D eigenvalue weighted by Crippen LogP contribution is -2.47. The standard InChI is InChI=1S/C32H50N2O11P2/c1-5-40-46(41-6-2)42-22-13-12-20-33-31(36)29-28(32(37)39-21-14-15-23-45-47(38,43-7-3)44-8-4)26-18-19-27(35)30(29)34(26)24-25-16-10-9-11-17-25/h9-11,16-19,26,28-30H,5-8,12-15,20-24H2,1-4H3,(H,33,36). The van der Waals surface area contributed by atoms with Gasteiger partial charge in [0.25, 0.3) is 0 Å². The number of amides is 1. The minimum absolute atomic E-state index is 0.0698. The molecule has 1 aromatic carbocycles. The zero-order valence-corrected chi connectivity index (χ0v) is 29.7. The molecule has 0 radical (unpaired) electrons. The number of ketones is 1. The van der Waals surface area contributed by atoms with Crippen molar-refractivity contribution in [3.05, 3.63) is 48.0 Å². The van der Waals surface area contributed by atoms with E-state index in [4.69, 9.17) is 31.9 Å². The van der Waals surface area contributed by atoms with Gasteiger partial charge in [-0.3, -0.25) is 32.9 Å². The molecule has 1 N–H and O–H groups in total. The van der Waals surface area contributed by atoms with Gasteiger partial charge in [0.2, 0.25) is 5.91 Å². The number of nitrogens with one attached hydrogen (secondary N) is 1. The summed E-state index contributed by atoms with van der Waals surface area (Å²) in [6.45, 7) is 9.83. The van der Waals surface area contributed by atoms with E-state index in [1.807, 2.05) is 49.1 Å². The summed E-state index contributed by atoms with van der Waals surface area (Å²) in [6, 6.07) is 8.35. The molecule has 1 amide bonds. The molecular weight excluding hydrogens is 650 g/mol. The number of esters is 1. The molecule has 264 valence electrons. The van der Waals surface area contributed by atoms with Crippen LogP contribution in [0.5, 0.6) is 0 Å². The number of phosphoric acid groups is 1. The molecule has 1 saturated heterocycles. The Labute approximate surface area is 279 Å². The Kier molecular flexibility index (Phi) is 17.7. The molecule has 0 saturated carbocycles. The summed E-state index contributed by atoms with van der Waals surface area (Å²) in [4.78, 5) is 42.5. The number of fused-ring (bicyclic) bond motifs is 2. The first kappa shape index (κ1) is 39.4. The van der Waals surface area contributed by atoms with E-state index in [9.17, 15) is 18.9 Å². The molecular formula is C32H50N2O11P2. The van der Waals surface area contributed by atoms with Gasteiger partial charge in [-0.15, -0.1) is 0 Å². The lowest BCUT2D eigenvalue weighted by molar-refractivity contribution is -0.152. The molecule has 0 aromatic heterocycles. The number of ether oxygens (including phenoxy) is 1. The third kappa shape index (κ3) is 12.1. The minimum Gasteiger partial charge on any atom is -0.465 e. The summed E-state index contributed by atoms with van der Waals surface area (Å²) in [5, 5.41) is 2.95. The molecule has 15 heteroatoms. The van der Waals surface area contributed by atoms with Crippen LogP contribution in [0.4, 0.5) is 0 Å². The normalized spacial score (nSPS) is 21.0. The predicted octanol–water partition coefficient (Wildman–Crippen LogP) is 5.34. The van der Waals surface area contributed by atoms with Gasteiger partial charge in [-0.1, -0.05) is 36.4 Å². The number of rotatable bonds is 24. The third-order valence-corrected chi connectivity index (χ3v) is 10.5. The van der Waals surface area contributed by atoms with Crippen LogP contribution >= 0.6 is 16.4 Å². The number of phosphoric ester groups is 1. The van der Waals surface area contributed by atoms with E-state index in [-0.39, 0.29) is 38.1 Å². The monoisotopic (exact) mass is 700 g/mol. The molecule has 47 heavy (non-hydrogen) atoms. The molecule has 0 spiro atoms. The second kappa shape index (κ2) is 21.1. The maximum Gasteiger partial charge on any atom is 0.474 e. The fourth-order valence-corrected chi connectivity index (χ4v) is 7.69. The van der Waals surface area contributed by atoms with Crippen LogP contribution in [0.3, 0.4) is 0 Å². The minimum atomic E-state index is -3.62. The smallest absolute Gasteiger partial charge is 0.465 e. The summed E-state index contributed by atoms with van der Waals surface area (Å²) in [5.74, 6) is -2.92. The van der Waals surface area contributed by atoms with Crippen LogP contribution < -0.4 is 5.32 Å². The maximum atomic E-state index is 13.7. The molecule has 2 aliphatic heterocycles. The molecule has 1 aromatic rings. The first-order valence-corrected chi connectivity index (χ1v) is 19.0. The topological polar surface area (TPSA) is 148 Å². The number of hydrogen-bond acceptors (Lipinski definition) is 12. The highest BCUT2D eigenvalue weighted by atomic mass is 31.2. The first-order chi connectivity index (χ1) is 22.8. The summed E-state index contributed by atoms with van der Waals surface area (Å²) in [5.41, 5.74) is 0.967. The number of carbonyl (C=O) groups is 3. The van der Waals surface area contributed by atoms with E-state index >= 15 is 0 Å². The van der Waals surface area contributed by atoms with Gasteiger partial charge in [0.15, 0.2) is 5.78 Å². The van der Waals surface area contributed by atoms with Crippen LogP contribution in [0.2, 0.25) is 0 Å². The Morgan fingerprint density at radius 1 is 0.830 bits per heavy atom. The lowest BCUT2D eigenvalue weighted by atomic mass is 9.86. The van der Waals surface area contributed by atoms with E-state index < -0.39 is 46.3 Å². The van der Waals surface area contributed by atoms with Crippen molar-refractivity contribution in [3.63, 3.8) is 0 Å². The Morgan fingerprint density at radius 3 is 2.15 bits per heavy atom. The van der Waals surface area contributed by atoms with Crippen LogP contribution in [-0.4, -0.2) is 87.4 Å². The fraction of sp³-hybridized carbons (Fsp3) is 0.656. The highest BCUT2D eigenvalue weighted by molar-refractivity contribution is 7.48. The van der Waals surface area contributed by atoms with E-state index in [0.717, 1.165) is 5.56 Å². The molecule has 13 nitrogen and oxygen atoms in total. The molecule has 4 unspecified atom stereocenters. The van der Waals surface area contributed by atoms with Crippen molar-refractivity contribution in [2.24, 2.45) is 11.8 Å². The Balaban J connectivity index is 1.61. The van der Waals surface area contributed by atoms with Crippen molar-refractivity contribution in [2.45, 2.75) is 72.0 Å². The van der Waals surface area contributed by atoms with Crippen molar-refractivity contribution in [2.75, 3.05) is 52.8 Å². The van der Waals surface area contributed by atoms with Gasteiger partial charge in [0.1, 0.15) is 0 Å². The number of nitrogens with zero attached hydrogens (tertiary/aromatic N) is 1. The van der Waals surface area contributed by atoms with Crippen molar-refractivity contribution < 1.29 is 50.8 Å². The van der Waals surface area contributed by atoms with Gasteiger partial charge >= 0.3 is 22.4 Å². The summed E-state index contributed by atoms with van der Waals surface area (Å²) in [7, 11) is -5.01. The second-order valence-electron chi connectivity index (χ2n) is 10.8. The molecule has 1 fully saturated rings. The third-order valence-electron chi connectivity index (χ3n) is 7.51. The molecule has 3 rings (SSSR count). The fourth-order valence-electron chi connectivity index (χ4n) is 5.56. The predicted molar refractivity (Wildman–Crippen MR) is 176 cm³/mol. The molecule has 2 aliphatic rings. The highest BCUT2D eigenvalue weighted by Gasteiger charge is 2.58. The molecule has 0 aliphatic carbocycles. The average molecular weight is 701 g/mol. The zero-order chi connectivity index (χ0) is 34.1. The Morgan fingerprint density at radius 2 is 1.49 bits per heavy atom. The Hall–Kier alpha value is -2.05. The van der Waals surface area contributed by atoms with Gasteiger partial charge in [-0.2, -0.15) is 0 Å². The first-order valence-electron chi connectivity index (χ1n) is 16.5. The largest absolute Gasteiger partial charge is 0.474 e. The van der Waals surface area contributed by atoms with Gasteiger partial charge in [-0.05, 0) is 65.0 Å². The van der Waals surface area contributed by atoms with E-state index in [2.05, 4.69) is 5.32 Å². The van der Waals surface area contributed by atoms with Crippen LogP contribution in [-0.2, 0) is 57.4 Å². The van der Waals surface area contributed by atoms with E-state index in [0.29, 0.717) is 58.6 Å². The quantitative estimate of drug-likeness (QED) is 0.0843. The lowest BCUT2D eigenvalue weighted by Gasteiger charge is -2.31. The van der Waals surface area contributed by atoms with E-state index in [1.165, 1.54) is 6.08 Å². The SMILES string of the molecule is CCOP(OCC)OCCCCNC(=O)C1C(C(=O)OCCCCOP(=O)(OCC)OCC)C2C=CC(=O)C1N2Cc1ccccc1. The van der Waals surface area contributed by atoms with Crippen molar-refractivity contribution in [1.82, 2.24) is 10.2 Å². The second-order valence-corrected chi connectivity index (χ2v) is 13.7. The summed E-state index contributed by atoms with van der Waals surface area (Å²) >= 11 is 0. The van der Waals surface area contributed by atoms with Gasteiger partial charge in [-0.25, -0.2) is 4.57 Å². The summed E-state index contributed by atoms with van der Waals surface area (Å²) < 4.78 is 50.3. The van der Waals surface area contributed by atoms with Crippen LogP contribution in [0, 0.1) is 11.8 Å². The number of unbranched alkanes of at least 4 members (excludes halogenated alkanes) is 2. The van der Waals surface area contributed by atoms with Gasteiger partial charge in [0, 0.05) is 19.1 Å². The number of benzene rings is 1. The van der Waals surface area contributed by atoms with Crippen molar-refractivity contribution in [3.8, 4) is 0 Å². The maximum absolute atomic E-state index is 13.7. The van der Waals surface area contributed by atoms with Gasteiger partial charge in [0.05, 0.1) is 64.1 Å². The number of carbonyl (C=O) groups excluding carboxylic acids is 3. The average Bonchev–Trinajstić information content (AvgIpc) is 3.28. The van der Waals surface area contributed by atoms with Crippen LogP contribution in [0.25, 0.3) is 0 Å². The number of hydrogen-bond donors (Lipinski definition) is 1. The Bertz CT molecular complexity index is 1170. The molecule has 2 bridgehead atoms. The highest BCUT2D eigenvalue weighted by Crippen LogP contribution is 2.49. The van der Waals surface area contributed by atoms with Gasteiger partial charge < -0.3 is 23.6 Å². The van der Waals surface area contributed by atoms with Crippen molar-refractivity contribution in [1.29, 1.82) is 0 Å². The van der Waals surface area contributed by atoms with Crippen LogP contribution in [0.15, 0.2) is 42.5 Å².